The molecule has 44 heavy (non-hydrogen) atoms. The maximum absolute atomic E-state index is 14.9. The van der Waals surface area contributed by atoms with Crippen molar-refractivity contribution in [2.24, 2.45) is 27.4 Å². The van der Waals surface area contributed by atoms with Gasteiger partial charge in [0.25, 0.3) is 5.91 Å². The van der Waals surface area contributed by atoms with E-state index in [2.05, 4.69) is 15.3 Å². The van der Waals surface area contributed by atoms with E-state index >= 15 is 0 Å². The molecule has 1 aliphatic carbocycles. The van der Waals surface area contributed by atoms with Gasteiger partial charge in [-0.1, -0.05) is 35.9 Å². The molecule has 10 nitrogen and oxygen atoms in total. The molecular weight excluding hydrogens is 583 g/mol. The summed E-state index contributed by atoms with van der Waals surface area (Å²) in [7, 11) is 0. The van der Waals surface area contributed by atoms with E-state index in [1.165, 1.54) is 0 Å². The molecule has 2 amide bonds. The third-order valence-electron chi connectivity index (χ3n) is 7.88. The average Bonchev–Trinajstić information content (AvgIpc) is 3.18. The Kier molecular flexibility index (Phi) is 8.21. The summed E-state index contributed by atoms with van der Waals surface area (Å²) in [4.78, 5) is 44.2. The van der Waals surface area contributed by atoms with Gasteiger partial charge in [-0.2, -0.15) is 4.99 Å². The van der Waals surface area contributed by atoms with E-state index in [0.717, 1.165) is 17.5 Å². The summed E-state index contributed by atoms with van der Waals surface area (Å²) in [5, 5.41) is 3.70. The van der Waals surface area contributed by atoms with E-state index in [-0.39, 0.29) is 24.3 Å². The number of alkyl halides is 1. The molecule has 2 aliphatic heterocycles. The van der Waals surface area contributed by atoms with Crippen molar-refractivity contribution in [3.05, 3.63) is 94.2 Å². The molecule has 0 spiro atoms. The molecule has 2 unspecified atom stereocenters. The first-order chi connectivity index (χ1) is 21.3. The highest BCUT2D eigenvalue weighted by molar-refractivity contribution is 6.31. The molecule has 2 atom stereocenters. The molecule has 3 aromatic rings. The summed E-state index contributed by atoms with van der Waals surface area (Å²) in [6.45, 7) is 1.23. The molecule has 0 radical (unpaired) electrons. The number of hydrogen-bond acceptors (Lipinski definition) is 6. The van der Waals surface area contributed by atoms with E-state index in [1.807, 2.05) is 12.1 Å². The number of allylic oxidation sites excluding steroid dienone is 4. The largest absolute Gasteiger partial charge is 0.369 e. The third kappa shape index (κ3) is 6.09. The van der Waals surface area contributed by atoms with E-state index in [4.69, 9.17) is 33.0 Å². The second-order valence-electron chi connectivity index (χ2n) is 10.8. The average molecular weight is 613 g/mol. The number of primary amides is 1. The first-order valence-electron chi connectivity index (χ1n) is 14.3. The van der Waals surface area contributed by atoms with Crippen LogP contribution in [0.5, 0.6) is 0 Å². The molecule has 1 fully saturated rings. The number of fused-ring (bicyclic) bond motifs is 3. The Morgan fingerprint density at radius 1 is 1.11 bits per heavy atom. The molecule has 1 aromatic heterocycles. The van der Waals surface area contributed by atoms with Crippen LogP contribution in [0, 0.1) is 5.92 Å². The van der Waals surface area contributed by atoms with Crippen LogP contribution in [0.4, 0.5) is 16.0 Å². The molecule has 0 saturated carbocycles. The number of aliphatic imine (C=N–C) groups is 2. The number of amides is 2. The Hall–Kier alpha value is -4.90. The summed E-state index contributed by atoms with van der Waals surface area (Å²) in [5.74, 6) is -0.795. The first-order valence-corrected chi connectivity index (χ1v) is 14.7. The number of guanidine groups is 1. The molecule has 1 saturated heterocycles. The normalized spacial score (nSPS) is 19.7. The zero-order valence-corrected chi connectivity index (χ0v) is 24.5. The fourth-order valence-corrected chi connectivity index (χ4v) is 5.71. The summed E-state index contributed by atoms with van der Waals surface area (Å²) < 4.78 is 14.9. The minimum atomic E-state index is -1.16. The van der Waals surface area contributed by atoms with Gasteiger partial charge in [0, 0.05) is 64.2 Å². The van der Waals surface area contributed by atoms with Crippen LogP contribution in [-0.2, 0) is 11.3 Å². The number of rotatable bonds is 5. The van der Waals surface area contributed by atoms with Crippen molar-refractivity contribution in [2.45, 2.75) is 32.0 Å². The van der Waals surface area contributed by atoms with Gasteiger partial charge in [-0.3, -0.25) is 14.6 Å². The minimum absolute atomic E-state index is 0.0634. The predicted molar refractivity (Wildman–Crippen MR) is 169 cm³/mol. The number of halogens is 2. The van der Waals surface area contributed by atoms with Gasteiger partial charge in [-0.25, -0.2) is 14.4 Å². The van der Waals surface area contributed by atoms with Crippen molar-refractivity contribution < 1.29 is 14.0 Å². The van der Waals surface area contributed by atoms with Gasteiger partial charge in [0.15, 0.2) is 5.96 Å². The lowest BCUT2D eigenvalue weighted by Crippen LogP contribution is -2.47. The Morgan fingerprint density at radius 3 is 2.70 bits per heavy atom. The molecule has 6 rings (SSSR count). The Labute approximate surface area is 258 Å². The Morgan fingerprint density at radius 2 is 1.93 bits per heavy atom. The lowest BCUT2D eigenvalue weighted by molar-refractivity contribution is -0.122. The SMILES string of the molecule is NC(=O)C1CCCN(C(N)=NC(=O)c2ccc(Nc3ncc4c(n3)-c3ccc(Cl)cc3C(C3=CC=CCC3F)=NC4)cc2)C1. The number of carbonyl (C=O) groups is 2. The standard InChI is InChI=1S/C32H30ClFN8O2/c33-21-9-12-23-25(14-21)28(24-5-1-2-6-26(24)34)37-15-20-16-38-32(40-27(20)23)39-22-10-7-18(8-11-22)30(44)41-31(36)42-13-3-4-19(17-42)29(35)43/h1-2,5,7-12,14,16,19,26H,3-4,6,13,15,17H2,(H2,35,43)(H2,36,41,44)(H,38,39,40). The topological polar surface area (TPSA) is 152 Å². The molecule has 2 aromatic carbocycles. The van der Waals surface area contributed by atoms with Gasteiger partial charge < -0.3 is 21.7 Å². The van der Waals surface area contributed by atoms with E-state index in [9.17, 15) is 14.0 Å². The molecule has 3 aliphatic rings. The second kappa shape index (κ2) is 12.4. The number of carbonyl (C=O) groups excluding carboxylic acids is 2. The monoisotopic (exact) mass is 612 g/mol. The van der Waals surface area contributed by atoms with Gasteiger partial charge in [0.1, 0.15) is 6.17 Å². The van der Waals surface area contributed by atoms with Crippen LogP contribution in [0.1, 0.15) is 40.7 Å². The first kappa shape index (κ1) is 29.2. The highest BCUT2D eigenvalue weighted by atomic mass is 35.5. The number of anilines is 2. The number of hydrogen-bond donors (Lipinski definition) is 3. The highest BCUT2D eigenvalue weighted by Gasteiger charge is 2.27. The maximum atomic E-state index is 14.9. The molecule has 3 heterocycles. The van der Waals surface area contributed by atoms with Crippen molar-refractivity contribution >= 4 is 46.7 Å². The van der Waals surface area contributed by atoms with Gasteiger partial charge >= 0.3 is 0 Å². The Balaban J connectivity index is 1.21. The highest BCUT2D eigenvalue weighted by Crippen LogP contribution is 2.35. The fraction of sp³-hybridized carbons (Fsp3) is 0.250. The number of likely N-dealkylation sites (tertiary alicyclic amines) is 1. The van der Waals surface area contributed by atoms with Crippen LogP contribution in [0.2, 0.25) is 5.02 Å². The number of nitrogens with one attached hydrogen (secondary N) is 1. The van der Waals surface area contributed by atoms with Crippen molar-refractivity contribution in [3.63, 3.8) is 0 Å². The van der Waals surface area contributed by atoms with E-state index in [0.29, 0.717) is 70.7 Å². The lowest BCUT2D eigenvalue weighted by atomic mass is 9.90. The summed E-state index contributed by atoms with van der Waals surface area (Å²) in [5.41, 5.74) is 16.6. The smallest absolute Gasteiger partial charge is 0.280 e. The lowest BCUT2D eigenvalue weighted by Gasteiger charge is -2.31. The van der Waals surface area contributed by atoms with E-state index in [1.54, 1.807) is 59.6 Å². The quantitative estimate of drug-likeness (QED) is 0.278. The number of piperidine rings is 1. The molecule has 224 valence electrons. The summed E-state index contributed by atoms with van der Waals surface area (Å²) in [6, 6.07) is 12.1. The maximum Gasteiger partial charge on any atom is 0.280 e. The van der Waals surface area contributed by atoms with E-state index < -0.39 is 12.1 Å². The number of aromatic nitrogens is 2. The zero-order chi connectivity index (χ0) is 30.8. The van der Waals surface area contributed by atoms with Gasteiger partial charge in [-0.15, -0.1) is 0 Å². The predicted octanol–water partition coefficient (Wildman–Crippen LogP) is 4.72. The Bertz CT molecular complexity index is 1750. The molecule has 0 bridgehead atoms. The van der Waals surface area contributed by atoms with Crippen LogP contribution in [0.3, 0.4) is 0 Å². The fourth-order valence-electron chi connectivity index (χ4n) is 5.54. The third-order valence-corrected chi connectivity index (χ3v) is 8.12. The second-order valence-corrected chi connectivity index (χ2v) is 11.3. The van der Waals surface area contributed by atoms with Gasteiger partial charge in [0.05, 0.1) is 23.9 Å². The number of nitrogens with two attached hydrogens (primary N) is 2. The van der Waals surface area contributed by atoms with Crippen molar-refractivity contribution in [1.29, 1.82) is 0 Å². The summed E-state index contributed by atoms with van der Waals surface area (Å²) >= 11 is 6.37. The van der Waals surface area contributed by atoms with Crippen LogP contribution in [-0.4, -0.2) is 57.6 Å². The molecule has 5 N–H and O–H groups in total. The number of nitrogens with zero attached hydrogens (tertiary/aromatic N) is 5. The zero-order valence-electron chi connectivity index (χ0n) is 23.7. The van der Waals surface area contributed by atoms with Crippen LogP contribution in [0.15, 0.2) is 82.4 Å². The molecular formula is C32H30ClFN8O2. The van der Waals surface area contributed by atoms with Crippen molar-refractivity contribution in [3.8, 4) is 11.3 Å². The van der Waals surface area contributed by atoms with Crippen molar-refractivity contribution in [2.75, 3.05) is 18.4 Å². The van der Waals surface area contributed by atoms with Gasteiger partial charge in [-0.05, 0) is 49.2 Å². The number of benzene rings is 2. The van der Waals surface area contributed by atoms with Crippen LogP contribution < -0.4 is 16.8 Å². The van der Waals surface area contributed by atoms with Crippen LogP contribution in [0.25, 0.3) is 11.3 Å². The van der Waals surface area contributed by atoms with Crippen molar-refractivity contribution in [1.82, 2.24) is 14.9 Å². The van der Waals surface area contributed by atoms with Crippen LogP contribution >= 0.6 is 11.6 Å². The molecule has 12 heteroatoms. The summed E-state index contributed by atoms with van der Waals surface area (Å²) in [6.07, 6.45) is 7.67. The van der Waals surface area contributed by atoms with Gasteiger partial charge in [0.2, 0.25) is 11.9 Å². The minimum Gasteiger partial charge on any atom is -0.369 e.